The molecule has 6 atom stereocenters. The van der Waals surface area contributed by atoms with Crippen molar-refractivity contribution in [2.24, 2.45) is 29.1 Å². The third-order valence-corrected chi connectivity index (χ3v) is 8.68. The van der Waals surface area contributed by atoms with Gasteiger partial charge in [-0.05, 0) is 68.1 Å². The zero-order valence-corrected chi connectivity index (χ0v) is 18.8. The lowest BCUT2D eigenvalue weighted by Gasteiger charge is -2.44. The molecular formula is C26H44O2. The molecule has 3 fully saturated rings. The molecule has 3 saturated carbocycles. The minimum absolute atomic E-state index is 0.00689. The Kier molecular flexibility index (Phi) is 7.48. The predicted octanol–water partition coefficient (Wildman–Crippen LogP) is 6.42. The van der Waals surface area contributed by atoms with E-state index in [-0.39, 0.29) is 5.92 Å². The van der Waals surface area contributed by atoms with Crippen LogP contribution in [0.2, 0.25) is 0 Å². The number of fused-ring (bicyclic) bond motifs is 1. The van der Waals surface area contributed by atoms with Crippen molar-refractivity contribution < 1.29 is 10.2 Å². The highest BCUT2D eigenvalue weighted by atomic mass is 16.3. The molecule has 0 aromatic rings. The number of rotatable bonds is 6. The molecule has 0 aliphatic heterocycles. The Balaban J connectivity index is 1.70. The standard InChI is InChI=1S/C26H44O2/c1-5-6-7-9-18(2)22-13-14-23-21(10-8-15-26(22,23)4)12-11-20-16-24(27)19(3)25(28)17-20/h11-12,18-19,22-25,27-28H,5-10,13-17H2,1-4H3/b20-11?,21-12+/t18-,19?,22+,23-,24+,25+,26+/m0/s1. The Morgan fingerprint density at radius 3 is 2.50 bits per heavy atom. The molecule has 28 heavy (non-hydrogen) atoms. The maximum absolute atomic E-state index is 10.2. The summed E-state index contributed by atoms with van der Waals surface area (Å²) < 4.78 is 0. The Labute approximate surface area is 173 Å². The number of hydrogen-bond acceptors (Lipinski definition) is 2. The highest BCUT2D eigenvalue weighted by Crippen LogP contribution is 2.59. The van der Waals surface area contributed by atoms with Crippen LogP contribution in [0.5, 0.6) is 0 Å². The first-order chi connectivity index (χ1) is 13.4. The Bertz CT molecular complexity index is 563. The fourth-order valence-corrected chi connectivity index (χ4v) is 6.74. The lowest BCUT2D eigenvalue weighted by molar-refractivity contribution is 0.00407. The van der Waals surface area contributed by atoms with E-state index in [0.29, 0.717) is 5.41 Å². The van der Waals surface area contributed by atoms with Gasteiger partial charge >= 0.3 is 0 Å². The fourth-order valence-electron chi connectivity index (χ4n) is 6.74. The van der Waals surface area contributed by atoms with Crippen LogP contribution in [0.15, 0.2) is 23.3 Å². The van der Waals surface area contributed by atoms with E-state index in [2.05, 4.69) is 32.9 Å². The Morgan fingerprint density at radius 1 is 1.11 bits per heavy atom. The van der Waals surface area contributed by atoms with Crippen molar-refractivity contribution in [3.63, 3.8) is 0 Å². The van der Waals surface area contributed by atoms with Crippen LogP contribution in [0.1, 0.15) is 98.3 Å². The molecular weight excluding hydrogens is 344 g/mol. The number of aliphatic hydroxyl groups excluding tert-OH is 2. The van der Waals surface area contributed by atoms with Crippen molar-refractivity contribution in [1.82, 2.24) is 0 Å². The maximum Gasteiger partial charge on any atom is 0.0627 e. The molecule has 3 aliphatic rings. The van der Waals surface area contributed by atoms with Gasteiger partial charge in [-0.3, -0.25) is 0 Å². The fraction of sp³-hybridized carbons (Fsp3) is 0.846. The first-order valence-electron chi connectivity index (χ1n) is 12.1. The molecule has 2 nitrogen and oxygen atoms in total. The van der Waals surface area contributed by atoms with Gasteiger partial charge in [-0.2, -0.15) is 0 Å². The molecule has 3 rings (SSSR count). The van der Waals surface area contributed by atoms with Gasteiger partial charge in [0.05, 0.1) is 12.2 Å². The summed E-state index contributed by atoms with van der Waals surface area (Å²) >= 11 is 0. The van der Waals surface area contributed by atoms with Gasteiger partial charge in [-0.25, -0.2) is 0 Å². The van der Waals surface area contributed by atoms with Crippen LogP contribution in [0.25, 0.3) is 0 Å². The van der Waals surface area contributed by atoms with Crippen molar-refractivity contribution in [3.8, 4) is 0 Å². The zero-order chi connectivity index (χ0) is 20.3. The topological polar surface area (TPSA) is 40.5 Å². The van der Waals surface area contributed by atoms with Crippen molar-refractivity contribution >= 4 is 0 Å². The van der Waals surface area contributed by atoms with Crippen molar-refractivity contribution in [2.75, 3.05) is 0 Å². The smallest absolute Gasteiger partial charge is 0.0627 e. The van der Waals surface area contributed by atoms with E-state index in [1.54, 1.807) is 5.57 Å². The monoisotopic (exact) mass is 388 g/mol. The molecule has 0 spiro atoms. The third kappa shape index (κ3) is 4.59. The molecule has 0 heterocycles. The molecule has 0 unspecified atom stereocenters. The van der Waals surface area contributed by atoms with Gasteiger partial charge in [0.1, 0.15) is 0 Å². The van der Waals surface area contributed by atoms with Gasteiger partial charge in [0.2, 0.25) is 0 Å². The summed E-state index contributed by atoms with van der Waals surface area (Å²) in [6.45, 7) is 9.36. The van der Waals surface area contributed by atoms with Crippen LogP contribution in [0, 0.1) is 29.1 Å². The van der Waals surface area contributed by atoms with Crippen molar-refractivity contribution in [2.45, 2.75) is 111 Å². The van der Waals surface area contributed by atoms with Gasteiger partial charge in [0.25, 0.3) is 0 Å². The Morgan fingerprint density at radius 2 is 1.82 bits per heavy atom. The summed E-state index contributed by atoms with van der Waals surface area (Å²) in [5, 5.41) is 20.4. The van der Waals surface area contributed by atoms with E-state index in [4.69, 9.17) is 0 Å². The molecule has 2 N–H and O–H groups in total. The van der Waals surface area contributed by atoms with Crippen LogP contribution >= 0.6 is 0 Å². The summed E-state index contributed by atoms with van der Waals surface area (Å²) in [6.07, 6.45) is 17.5. The quantitative estimate of drug-likeness (QED) is 0.515. The molecule has 160 valence electrons. The second kappa shape index (κ2) is 9.47. The molecule has 0 radical (unpaired) electrons. The molecule has 3 aliphatic carbocycles. The molecule has 0 bridgehead atoms. The number of unbranched alkanes of at least 4 members (excludes halogenated alkanes) is 2. The van der Waals surface area contributed by atoms with E-state index >= 15 is 0 Å². The normalized spacial score (nSPS) is 41.1. The summed E-state index contributed by atoms with van der Waals surface area (Å²) in [5.74, 6) is 2.47. The van der Waals surface area contributed by atoms with Crippen LogP contribution < -0.4 is 0 Å². The van der Waals surface area contributed by atoms with Crippen LogP contribution in [0.3, 0.4) is 0 Å². The van der Waals surface area contributed by atoms with E-state index in [1.165, 1.54) is 63.4 Å². The van der Waals surface area contributed by atoms with Gasteiger partial charge in [-0.15, -0.1) is 0 Å². The van der Waals surface area contributed by atoms with Gasteiger partial charge in [0, 0.05) is 5.92 Å². The second-order valence-corrected chi connectivity index (χ2v) is 10.5. The molecule has 2 heteroatoms. The van der Waals surface area contributed by atoms with Gasteiger partial charge in [0.15, 0.2) is 0 Å². The minimum atomic E-state index is -0.398. The minimum Gasteiger partial charge on any atom is -0.392 e. The van der Waals surface area contributed by atoms with Crippen LogP contribution in [0.4, 0.5) is 0 Å². The molecule has 0 aromatic carbocycles. The lowest BCUT2D eigenvalue weighted by Crippen LogP contribution is -2.36. The van der Waals surface area contributed by atoms with Crippen LogP contribution in [-0.2, 0) is 0 Å². The van der Waals surface area contributed by atoms with Crippen molar-refractivity contribution in [3.05, 3.63) is 23.3 Å². The Hall–Kier alpha value is -0.600. The average molecular weight is 389 g/mol. The molecule has 0 amide bonds. The lowest BCUT2D eigenvalue weighted by atomic mass is 9.60. The number of hydrogen-bond donors (Lipinski definition) is 2. The summed E-state index contributed by atoms with van der Waals surface area (Å²) in [6, 6.07) is 0. The number of allylic oxidation sites excluding steroid dienone is 3. The van der Waals surface area contributed by atoms with Gasteiger partial charge < -0.3 is 10.2 Å². The highest BCUT2D eigenvalue weighted by Gasteiger charge is 2.50. The molecule has 0 aromatic heterocycles. The summed E-state index contributed by atoms with van der Waals surface area (Å²) in [4.78, 5) is 0. The van der Waals surface area contributed by atoms with E-state index < -0.39 is 12.2 Å². The van der Waals surface area contributed by atoms with E-state index in [0.717, 1.165) is 30.6 Å². The SMILES string of the molecule is CCCCC[C@H](C)[C@H]1CC[C@H]2/C(=C/C=C3C[C@@H](O)C(C)[C@H](O)C3)CCC[C@]12C. The number of aliphatic hydroxyl groups is 2. The van der Waals surface area contributed by atoms with Crippen molar-refractivity contribution in [1.29, 1.82) is 0 Å². The van der Waals surface area contributed by atoms with E-state index in [1.807, 2.05) is 6.92 Å². The first kappa shape index (κ1) is 22.1. The highest BCUT2D eigenvalue weighted by molar-refractivity contribution is 5.26. The average Bonchev–Trinajstić information content (AvgIpc) is 3.02. The van der Waals surface area contributed by atoms with E-state index in [9.17, 15) is 10.2 Å². The molecule has 0 saturated heterocycles. The zero-order valence-electron chi connectivity index (χ0n) is 18.8. The second-order valence-electron chi connectivity index (χ2n) is 10.5. The summed E-state index contributed by atoms with van der Waals surface area (Å²) in [7, 11) is 0. The van der Waals surface area contributed by atoms with Crippen LogP contribution in [-0.4, -0.2) is 22.4 Å². The third-order valence-electron chi connectivity index (χ3n) is 8.68. The largest absolute Gasteiger partial charge is 0.392 e. The maximum atomic E-state index is 10.2. The summed E-state index contributed by atoms with van der Waals surface area (Å²) in [5.41, 5.74) is 3.35. The van der Waals surface area contributed by atoms with Gasteiger partial charge in [-0.1, -0.05) is 76.7 Å². The predicted molar refractivity (Wildman–Crippen MR) is 118 cm³/mol. The first-order valence-corrected chi connectivity index (χ1v) is 12.1.